The lowest BCUT2D eigenvalue weighted by molar-refractivity contribution is -0.305. The van der Waals surface area contributed by atoms with Gasteiger partial charge >= 0.3 is 29.8 Å². The summed E-state index contributed by atoms with van der Waals surface area (Å²) in [4.78, 5) is 62.7. The fourth-order valence-corrected chi connectivity index (χ4v) is 10.1. The first-order chi connectivity index (χ1) is 21.1. The lowest BCUT2D eigenvalue weighted by atomic mass is 9.41. The molecule has 4 aliphatic carbocycles. The van der Waals surface area contributed by atoms with Gasteiger partial charge in [-0.25, -0.2) is 0 Å². The fraction of sp³-hybridized carbons (Fsp3) is 0.794. The Morgan fingerprint density at radius 2 is 1.42 bits per heavy atom. The molecule has 0 aromatic heterocycles. The summed E-state index contributed by atoms with van der Waals surface area (Å²) in [7, 11) is 0. The summed E-state index contributed by atoms with van der Waals surface area (Å²) >= 11 is 0. The van der Waals surface area contributed by atoms with E-state index < -0.39 is 66.0 Å². The molecule has 0 aromatic rings. The maximum absolute atomic E-state index is 14.4. The zero-order valence-electron chi connectivity index (χ0n) is 27.4. The van der Waals surface area contributed by atoms with Crippen LogP contribution in [0.1, 0.15) is 99.3 Å². The molecule has 1 aliphatic heterocycles. The van der Waals surface area contributed by atoms with Gasteiger partial charge in [-0.1, -0.05) is 25.5 Å². The van der Waals surface area contributed by atoms with Crippen molar-refractivity contribution in [1.82, 2.24) is 0 Å². The fourth-order valence-electron chi connectivity index (χ4n) is 10.1. The van der Waals surface area contributed by atoms with Crippen LogP contribution < -0.4 is 0 Å². The number of hydrogen-bond acceptors (Lipinski definition) is 11. The summed E-state index contributed by atoms with van der Waals surface area (Å²) in [5.41, 5.74) is 0.746. The van der Waals surface area contributed by atoms with Gasteiger partial charge in [-0.2, -0.15) is 0 Å². The monoisotopic (exact) mass is 632 g/mol. The summed E-state index contributed by atoms with van der Waals surface area (Å²) in [6.45, 7) is 13.0. The van der Waals surface area contributed by atoms with Gasteiger partial charge in [0.1, 0.15) is 12.7 Å². The Kier molecular flexibility index (Phi) is 9.16. The van der Waals surface area contributed by atoms with Crippen LogP contribution in [0.15, 0.2) is 12.2 Å². The largest absolute Gasteiger partial charge is 0.463 e. The van der Waals surface area contributed by atoms with Crippen LogP contribution >= 0.6 is 0 Å². The molecule has 2 bridgehead atoms. The Balaban J connectivity index is 1.44. The highest BCUT2D eigenvalue weighted by Gasteiger charge is 2.66. The van der Waals surface area contributed by atoms with Crippen molar-refractivity contribution in [3.8, 4) is 0 Å². The van der Waals surface area contributed by atoms with Gasteiger partial charge in [-0.3, -0.25) is 24.0 Å². The third-order valence-corrected chi connectivity index (χ3v) is 11.7. The molecule has 1 saturated heterocycles. The predicted molar refractivity (Wildman–Crippen MR) is 158 cm³/mol. The van der Waals surface area contributed by atoms with Crippen LogP contribution in [0, 0.1) is 34.0 Å². The van der Waals surface area contributed by atoms with Crippen LogP contribution in [-0.4, -0.2) is 67.2 Å². The number of esters is 5. The highest BCUT2D eigenvalue weighted by atomic mass is 16.7. The van der Waals surface area contributed by atoms with Gasteiger partial charge in [0.15, 0.2) is 12.2 Å². The molecule has 5 aliphatic rings. The summed E-state index contributed by atoms with van der Waals surface area (Å²) in [5.74, 6) is -2.15. The molecular weight excluding hydrogens is 584 g/mol. The molecule has 5 rings (SSSR count). The highest BCUT2D eigenvalue weighted by molar-refractivity contribution is 5.77. The van der Waals surface area contributed by atoms with E-state index >= 15 is 0 Å². The van der Waals surface area contributed by atoms with E-state index in [9.17, 15) is 24.0 Å². The molecule has 0 aromatic carbocycles. The smallest absolute Gasteiger partial charge is 0.314 e. The van der Waals surface area contributed by atoms with Gasteiger partial charge in [0.25, 0.3) is 0 Å². The average molecular weight is 633 g/mol. The minimum absolute atomic E-state index is 0.0544. The normalized spacial score (nSPS) is 42.0. The number of carbonyl (C=O) groups excluding carboxylic acids is 5. The molecule has 11 heteroatoms. The third-order valence-electron chi connectivity index (χ3n) is 11.7. The summed E-state index contributed by atoms with van der Waals surface area (Å²) in [6, 6.07) is 0. The first-order valence-corrected chi connectivity index (χ1v) is 16.3. The molecule has 11 unspecified atom stereocenters. The SMILES string of the molecule is C=C1CC23CCC4C(C)(C(=O)OC5OC(COC(C)=O)C(OC(C)=O)C(OC(C)=O)C5OC(C)=O)CCCC4(C)C2CCC1C3. The maximum atomic E-state index is 14.4. The Bertz CT molecular complexity index is 1240. The number of rotatable bonds is 7. The quantitative estimate of drug-likeness (QED) is 0.221. The van der Waals surface area contributed by atoms with Crippen LogP contribution in [0.25, 0.3) is 0 Å². The number of carbonyl (C=O) groups is 5. The van der Waals surface area contributed by atoms with Crippen LogP contribution in [0.5, 0.6) is 0 Å². The molecule has 45 heavy (non-hydrogen) atoms. The Morgan fingerprint density at radius 3 is 2.07 bits per heavy atom. The Hall–Kier alpha value is -2.95. The minimum Gasteiger partial charge on any atom is -0.463 e. The molecule has 0 amide bonds. The lowest BCUT2D eigenvalue weighted by Gasteiger charge is -2.63. The highest BCUT2D eigenvalue weighted by Crippen LogP contribution is 2.72. The van der Waals surface area contributed by atoms with Gasteiger partial charge in [0.2, 0.25) is 12.4 Å². The number of hydrogen-bond donors (Lipinski definition) is 0. The van der Waals surface area contributed by atoms with Crippen molar-refractivity contribution in [1.29, 1.82) is 0 Å². The van der Waals surface area contributed by atoms with Crippen molar-refractivity contribution >= 4 is 29.8 Å². The molecule has 1 heterocycles. The molecule has 250 valence electrons. The van der Waals surface area contributed by atoms with Crippen molar-refractivity contribution in [2.24, 2.45) is 34.0 Å². The van der Waals surface area contributed by atoms with E-state index in [2.05, 4.69) is 13.5 Å². The van der Waals surface area contributed by atoms with Crippen molar-refractivity contribution in [2.45, 2.75) is 130 Å². The van der Waals surface area contributed by atoms with E-state index in [1.165, 1.54) is 18.9 Å². The topological polar surface area (TPSA) is 141 Å². The van der Waals surface area contributed by atoms with Crippen LogP contribution in [-0.2, 0) is 52.4 Å². The first-order valence-electron chi connectivity index (χ1n) is 16.3. The molecule has 0 N–H and O–H groups in total. The molecule has 11 atom stereocenters. The maximum Gasteiger partial charge on any atom is 0.314 e. The number of fused-ring (bicyclic) bond motifs is 3. The third kappa shape index (κ3) is 6.13. The van der Waals surface area contributed by atoms with E-state index in [-0.39, 0.29) is 23.4 Å². The number of ether oxygens (including phenoxy) is 6. The van der Waals surface area contributed by atoms with Crippen molar-refractivity contribution in [3.05, 3.63) is 12.2 Å². The second-order valence-electron chi connectivity index (χ2n) is 14.6. The molecule has 4 saturated carbocycles. The van der Waals surface area contributed by atoms with Gasteiger partial charge in [-0.05, 0) is 86.9 Å². The standard InChI is InChI=1S/C34H48O11/c1-18-15-34-14-11-25-32(6,26(34)10-9-23(18)16-34)12-8-13-33(25,7)31(39)45-30-29(43-22(5)38)28(42-21(4)37)27(41-20(3)36)24(44-30)17-40-19(2)35/h23-30H,1,8-17H2,2-7H3. The van der Waals surface area contributed by atoms with Crippen LogP contribution in [0.4, 0.5) is 0 Å². The van der Waals surface area contributed by atoms with E-state index in [1.54, 1.807) is 0 Å². The van der Waals surface area contributed by atoms with E-state index in [4.69, 9.17) is 28.4 Å². The molecule has 0 radical (unpaired) electrons. The zero-order valence-corrected chi connectivity index (χ0v) is 27.4. The van der Waals surface area contributed by atoms with Gasteiger partial charge in [-0.15, -0.1) is 0 Å². The predicted octanol–water partition coefficient (Wildman–Crippen LogP) is 4.58. The van der Waals surface area contributed by atoms with Gasteiger partial charge in [0.05, 0.1) is 5.41 Å². The van der Waals surface area contributed by atoms with Crippen molar-refractivity contribution < 1.29 is 52.4 Å². The second kappa shape index (κ2) is 12.3. The summed E-state index contributed by atoms with van der Waals surface area (Å²) in [5, 5.41) is 0. The van der Waals surface area contributed by atoms with Crippen LogP contribution in [0.3, 0.4) is 0 Å². The van der Waals surface area contributed by atoms with Crippen LogP contribution in [0.2, 0.25) is 0 Å². The Morgan fingerprint density at radius 1 is 0.778 bits per heavy atom. The molecule has 11 nitrogen and oxygen atoms in total. The zero-order chi connectivity index (χ0) is 32.9. The Labute approximate surface area is 265 Å². The van der Waals surface area contributed by atoms with Crippen molar-refractivity contribution in [2.75, 3.05) is 6.61 Å². The average Bonchev–Trinajstić information content (AvgIpc) is 3.16. The molecule has 5 fully saturated rings. The molecular formula is C34H48O11. The van der Waals surface area contributed by atoms with Gasteiger partial charge < -0.3 is 28.4 Å². The summed E-state index contributed by atoms with van der Waals surface area (Å²) in [6.07, 6.45) is 2.21. The lowest BCUT2D eigenvalue weighted by Crippen LogP contribution is -2.64. The van der Waals surface area contributed by atoms with Gasteiger partial charge in [0, 0.05) is 27.7 Å². The van der Waals surface area contributed by atoms with E-state index in [0.29, 0.717) is 18.3 Å². The van der Waals surface area contributed by atoms with E-state index in [1.807, 2.05) is 6.92 Å². The number of allylic oxidation sites excluding steroid dienone is 1. The first kappa shape index (κ1) is 33.4. The van der Waals surface area contributed by atoms with Crippen molar-refractivity contribution in [3.63, 3.8) is 0 Å². The van der Waals surface area contributed by atoms with E-state index in [0.717, 1.165) is 65.7 Å². The summed E-state index contributed by atoms with van der Waals surface area (Å²) < 4.78 is 33.9. The second-order valence-corrected chi connectivity index (χ2v) is 14.6. The minimum atomic E-state index is -1.52. The molecule has 1 spiro atoms.